The SMILES string of the molecule is C1=NC2=C(CC1)N=CCC2. The zero-order valence-corrected chi connectivity index (χ0v) is 5.88. The molecule has 0 radical (unpaired) electrons. The van der Waals surface area contributed by atoms with Gasteiger partial charge in [0.2, 0.25) is 0 Å². The van der Waals surface area contributed by atoms with Crippen molar-refractivity contribution in [1.82, 2.24) is 0 Å². The third-order valence-corrected chi connectivity index (χ3v) is 1.85. The van der Waals surface area contributed by atoms with Crippen LogP contribution in [-0.2, 0) is 0 Å². The minimum absolute atomic E-state index is 1.07. The van der Waals surface area contributed by atoms with Gasteiger partial charge in [0, 0.05) is 12.4 Å². The Bertz CT molecular complexity index is 199. The van der Waals surface area contributed by atoms with Crippen LogP contribution in [0.25, 0.3) is 0 Å². The summed E-state index contributed by atoms with van der Waals surface area (Å²) in [5.74, 6) is 0. The van der Waals surface area contributed by atoms with E-state index >= 15 is 0 Å². The molecule has 2 aliphatic rings. The van der Waals surface area contributed by atoms with Gasteiger partial charge in [-0.15, -0.1) is 0 Å². The van der Waals surface area contributed by atoms with Crippen molar-refractivity contribution in [1.29, 1.82) is 0 Å². The molecule has 10 heavy (non-hydrogen) atoms. The number of hydrogen-bond acceptors (Lipinski definition) is 2. The predicted octanol–water partition coefficient (Wildman–Crippen LogP) is 1.93. The monoisotopic (exact) mass is 134 g/mol. The lowest BCUT2D eigenvalue weighted by molar-refractivity contribution is 0.852. The molecule has 0 aromatic rings. The summed E-state index contributed by atoms with van der Waals surface area (Å²) in [7, 11) is 0. The van der Waals surface area contributed by atoms with E-state index in [0.29, 0.717) is 0 Å². The zero-order valence-electron chi connectivity index (χ0n) is 5.88. The molecule has 0 atom stereocenters. The summed E-state index contributed by atoms with van der Waals surface area (Å²) in [4.78, 5) is 8.58. The largest absolute Gasteiger partial charge is 0.264 e. The standard InChI is InChI=1S/C8H10N2/c1-3-7-8(9-5-1)4-2-6-10-7/h5-6H,1-4H2. The van der Waals surface area contributed by atoms with E-state index < -0.39 is 0 Å². The molecule has 0 aliphatic carbocycles. The average Bonchev–Trinajstić information content (AvgIpc) is 2.05. The van der Waals surface area contributed by atoms with Gasteiger partial charge in [-0.25, -0.2) is 0 Å². The quantitative estimate of drug-likeness (QED) is 0.483. The minimum Gasteiger partial charge on any atom is -0.264 e. The summed E-state index contributed by atoms with van der Waals surface area (Å²) in [5, 5.41) is 0. The Kier molecular flexibility index (Phi) is 1.38. The lowest BCUT2D eigenvalue weighted by Crippen LogP contribution is -2.00. The first-order chi connectivity index (χ1) is 4.97. The van der Waals surface area contributed by atoms with Crippen molar-refractivity contribution in [3.63, 3.8) is 0 Å². The highest BCUT2D eigenvalue weighted by atomic mass is 14.8. The third-order valence-electron chi connectivity index (χ3n) is 1.85. The van der Waals surface area contributed by atoms with Crippen LogP contribution in [0.2, 0.25) is 0 Å². The van der Waals surface area contributed by atoms with Gasteiger partial charge in [-0.3, -0.25) is 9.98 Å². The highest BCUT2D eigenvalue weighted by molar-refractivity contribution is 5.66. The molecule has 2 heteroatoms. The van der Waals surface area contributed by atoms with Gasteiger partial charge in [0.15, 0.2) is 0 Å². The number of hydrogen-bond donors (Lipinski definition) is 0. The van der Waals surface area contributed by atoms with Gasteiger partial charge in [0.05, 0.1) is 11.4 Å². The van der Waals surface area contributed by atoms with Crippen molar-refractivity contribution < 1.29 is 0 Å². The molecule has 2 nitrogen and oxygen atoms in total. The van der Waals surface area contributed by atoms with Crippen LogP contribution < -0.4 is 0 Å². The summed E-state index contributed by atoms with van der Waals surface area (Å²) in [6.45, 7) is 0. The highest BCUT2D eigenvalue weighted by Crippen LogP contribution is 2.23. The molecule has 0 fully saturated rings. The van der Waals surface area contributed by atoms with Crippen LogP contribution in [0, 0.1) is 0 Å². The minimum atomic E-state index is 1.07. The Balaban J connectivity index is 2.32. The average molecular weight is 134 g/mol. The second-order valence-corrected chi connectivity index (χ2v) is 2.59. The fourth-order valence-electron chi connectivity index (χ4n) is 1.32. The molecule has 2 aliphatic heterocycles. The Labute approximate surface area is 60.4 Å². The van der Waals surface area contributed by atoms with E-state index in [1.165, 1.54) is 11.4 Å². The van der Waals surface area contributed by atoms with Crippen LogP contribution >= 0.6 is 0 Å². The first kappa shape index (κ1) is 5.83. The van der Waals surface area contributed by atoms with Crippen LogP contribution in [0.5, 0.6) is 0 Å². The van der Waals surface area contributed by atoms with Crippen LogP contribution in [0.1, 0.15) is 25.7 Å². The lowest BCUT2D eigenvalue weighted by atomic mass is 10.1. The van der Waals surface area contributed by atoms with E-state index in [0.717, 1.165) is 25.7 Å². The Morgan fingerprint density at radius 2 is 1.40 bits per heavy atom. The molecular weight excluding hydrogens is 124 g/mol. The van der Waals surface area contributed by atoms with Crippen LogP contribution in [0.4, 0.5) is 0 Å². The van der Waals surface area contributed by atoms with Crippen molar-refractivity contribution in [2.75, 3.05) is 0 Å². The second-order valence-electron chi connectivity index (χ2n) is 2.59. The molecule has 0 spiro atoms. The maximum absolute atomic E-state index is 4.29. The maximum Gasteiger partial charge on any atom is 0.0617 e. The molecule has 0 unspecified atom stereocenters. The van der Waals surface area contributed by atoms with E-state index in [-0.39, 0.29) is 0 Å². The number of rotatable bonds is 0. The lowest BCUT2D eigenvalue weighted by Gasteiger charge is -2.13. The fourth-order valence-corrected chi connectivity index (χ4v) is 1.32. The number of allylic oxidation sites excluding steroid dienone is 2. The summed E-state index contributed by atoms with van der Waals surface area (Å²) >= 11 is 0. The topological polar surface area (TPSA) is 24.7 Å². The number of aliphatic imine (C=N–C) groups is 2. The van der Waals surface area contributed by atoms with Gasteiger partial charge in [-0.2, -0.15) is 0 Å². The van der Waals surface area contributed by atoms with E-state index in [9.17, 15) is 0 Å². The van der Waals surface area contributed by atoms with Gasteiger partial charge in [0.1, 0.15) is 0 Å². The normalized spacial score (nSPS) is 23.2. The Morgan fingerprint density at radius 1 is 0.900 bits per heavy atom. The van der Waals surface area contributed by atoms with Crippen molar-refractivity contribution in [3.8, 4) is 0 Å². The Morgan fingerprint density at radius 3 is 1.90 bits per heavy atom. The Hall–Kier alpha value is -0.920. The second kappa shape index (κ2) is 2.37. The molecule has 0 bridgehead atoms. The van der Waals surface area contributed by atoms with E-state index in [1.54, 1.807) is 0 Å². The highest BCUT2D eigenvalue weighted by Gasteiger charge is 2.10. The molecule has 0 aromatic heterocycles. The van der Waals surface area contributed by atoms with Gasteiger partial charge < -0.3 is 0 Å². The molecule has 2 rings (SSSR count). The van der Waals surface area contributed by atoms with E-state index in [1.807, 2.05) is 12.4 Å². The number of nitrogens with zero attached hydrogens (tertiary/aromatic N) is 2. The van der Waals surface area contributed by atoms with Crippen LogP contribution in [0.15, 0.2) is 21.4 Å². The maximum atomic E-state index is 4.29. The third kappa shape index (κ3) is 0.897. The van der Waals surface area contributed by atoms with Gasteiger partial charge >= 0.3 is 0 Å². The first-order valence-electron chi connectivity index (χ1n) is 3.74. The first-order valence-corrected chi connectivity index (χ1v) is 3.74. The molecular formula is C8H10N2. The van der Waals surface area contributed by atoms with Crippen molar-refractivity contribution in [2.24, 2.45) is 9.98 Å². The van der Waals surface area contributed by atoms with E-state index in [4.69, 9.17) is 0 Å². The van der Waals surface area contributed by atoms with Crippen molar-refractivity contribution in [3.05, 3.63) is 11.4 Å². The zero-order chi connectivity index (χ0) is 6.81. The summed E-state index contributed by atoms with van der Waals surface area (Å²) in [6.07, 6.45) is 8.32. The molecule has 0 aromatic carbocycles. The molecule has 0 amide bonds. The summed E-state index contributed by atoms with van der Waals surface area (Å²) in [5.41, 5.74) is 2.43. The fraction of sp³-hybridized carbons (Fsp3) is 0.500. The molecule has 52 valence electrons. The molecule has 0 saturated carbocycles. The summed E-state index contributed by atoms with van der Waals surface area (Å²) in [6, 6.07) is 0. The summed E-state index contributed by atoms with van der Waals surface area (Å²) < 4.78 is 0. The molecule has 0 saturated heterocycles. The smallest absolute Gasteiger partial charge is 0.0617 e. The van der Waals surface area contributed by atoms with E-state index in [2.05, 4.69) is 9.98 Å². The van der Waals surface area contributed by atoms with Crippen molar-refractivity contribution >= 4 is 12.4 Å². The van der Waals surface area contributed by atoms with Gasteiger partial charge in [-0.05, 0) is 25.7 Å². The van der Waals surface area contributed by atoms with Crippen molar-refractivity contribution in [2.45, 2.75) is 25.7 Å². The van der Waals surface area contributed by atoms with Crippen LogP contribution in [0.3, 0.4) is 0 Å². The van der Waals surface area contributed by atoms with Gasteiger partial charge in [-0.1, -0.05) is 0 Å². The predicted molar refractivity (Wildman–Crippen MR) is 42.5 cm³/mol. The molecule has 0 N–H and O–H groups in total. The molecule has 2 heterocycles. The van der Waals surface area contributed by atoms with Crippen LogP contribution in [-0.4, -0.2) is 12.4 Å². The van der Waals surface area contributed by atoms with Gasteiger partial charge in [0.25, 0.3) is 0 Å².